The van der Waals surface area contributed by atoms with Gasteiger partial charge in [0.1, 0.15) is 17.1 Å². The SMILES string of the molecule is CCc1ccccc1OCC(=O)N(C)C(C)c1cc2ccccc2o1. The molecular formula is C21H23NO3. The molecule has 0 aliphatic rings. The Balaban J connectivity index is 1.67. The van der Waals surface area contributed by atoms with Gasteiger partial charge in [0.2, 0.25) is 0 Å². The molecule has 0 aliphatic heterocycles. The standard InChI is InChI=1S/C21H23NO3/c1-4-16-9-5-7-11-18(16)24-14-21(23)22(3)15(2)20-13-17-10-6-8-12-19(17)25-20/h5-13,15H,4,14H2,1-3H3. The number of furan rings is 1. The van der Waals surface area contributed by atoms with Crippen LogP contribution in [0.3, 0.4) is 0 Å². The third-order valence-corrected chi connectivity index (χ3v) is 4.54. The van der Waals surface area contributed by atoms with Crippen molar-refractivity contribution in [3.8, 4) is 5.75 Å². The number of hydrogen-bond acceptors (Lipinski definition) is 3. The molecule has 4 heteroatoms. The second-order valence-electron chi connectivity index (χ2n) is 6.12. The predicted molar refractivity (Wildman–Crippen MR) is 98.7 cm³/mol. The molecule has 2 aromatic carbocycles. The lowest BCUT2D eigenvalue weighted by Gasteiger charge is -2.23. The summed E-state index contributed by atoms with van der Waals surface area (Å²) in [4.78, 5) is 14.2. The highest BCUT2D eigenvalue weighted by atomic mass is 16.5. The number of para-hydroxylation sites is 2. The fraction of sp³-hybridized carbons (Fsp3) is 0.286. The summed E-state index contributed by atoms with van der Waals surface area (Å²) in [7, 11) is 1.77. The van der Waals surface area contributed by atoms with Crippen LogP contribution in [0.1, 0.15) is 31.2 Å². The van der Waals surface area contributed by atoms with Crippen LogP contribution in [-0.2, 0) is 11.2 Å². The van der Waals surface area contributed by atoms with Gasteiger partial charge >= 0.3 is 0 Å². The largest absolute Gasteiger partial charge is 0.483 e. The van der Waals surface area contributed by atoms with Gasteiger partial charge in [-0.15, -0.1) is 0 Å². The van der Waals surface area contributed by atoms with Crippen molar-refractivity contribution in [3.05, 3.63) is 65.9 Å². The summed E-state index contributed by atoms with van der Waals surface area (Å²) < 4.78 is 11.6. The Labute approximate surface area is 148 Å². The first kappa shape index (κ1) is 17.1. The van der Waals surface area contributed by atoms with E-state index in [1.54, 1.807) is 11.9 Å². The fourth-order valence-corrected chi connectivity index (χ4v) is 2.79. The van der Waals surface area contributed by atoms with Gasteiger partial charge in [-0.3, -0.25) is 4.79 Å². The van der Waals surface area contributed by atoms with Gasteiger partial charge in [-0.2, -0.15) is 0 Å². The van der Waals surface area contributed by atoms with E-state index in [0.717, 1.165) is 34.5 Å². The van der Waals surface area contributed by atoms with E-state index < -0.39 is 0 Å². The van der Waals surface area contributed by atoms with Crippen LogP contribution in [0.2, 0.25) is 0 Å². The maximum atomic E-state index is 12.5. The number of nitrogens with zero attached hydrogens (tertiary/aromatic N) is 1. The van der Waals surface area contributed by atoms with Gasteiger partial charge in [-0.1, -0.05) is 43.3 Å². The second-order valence-corrected chi connectivity index (χ2v) is 6.12. The molecule has 1 atom stereocenters. The third-order valence-electron chi connectivity index (χ3n) is 4.54. The summed E-state index contributed by atoms with van der Waals surface area (Å²) in [6.07, 6.45) is 0.871. The predicted octanol–water partition coefficient (Wildman–Crippen LogP) is 4.59. The van der Waals surface area contributed by atoms with E-state index in [4.69, 9.17) is 9.15 Å². The van der Waals surface area contributed by atoms with Gasteiger partial charge in [0.25, 0.3) is 5.91 Å². The highest BCUT2D eigenvalue weighted by Gasteiger charge is 2.21. The van der Waals surface area contributed by atoms with Crippen LogP contribution in [-0.4, -0.2) is 24.5 Å². The van der Waals surface area contributed by atoms with Crippen LogP contribution in [0.4, 0.5) is 0 Å². The van der Waals surface area contributed by atoms with E-state index in [-0.39, 0.29) is 18.6 Å². The minimum Gasteiger partial charge on any atom is -0.483 e. The van der Waals surface area contributed by atoms with Crippen LogP contribution >= 0.6 is 0 Å². The lowest BCUT2D eigenvalue weighted by Crippen LogP contribution is -2.33. The van der Waals surface area contributed by atoms with Crippen molar-refractivity contribution in [2.75, 3.05) is 13.7 Å². The van der Waals surface area contributed by atoms with Gasteiger partial charge in [0.05, 0.1) is 6.04 Å². The molecule has 1 amide bonds. The molecule has 0 saturated carbocycles. The topological polar surface area (TPSA) is 42.7 Å². The lowest BCUT2D eigenvalue weighted by molar-refractivity contribution is -0.134. The van der Waals surface area contributed by atoms with Gasteiger partial charge in [0.15, 0.2) is 6.61 Å². The van der Waals surface area contributed by atoms with Gasteiger partial charge in [-0.25, -0.2) is 0 Å². The quantitative estimate of drug-likeness (QED) is 0.660. The van der Waals surface area contributed by atoms with Gasteiger partial charge < -0.3 is 14.1 Å². The molecule has 0 aliphatic carbocycles. The number of hydrogen-bond donors (Lipinski definition) is 0. The average Bonchev–Trinajstić information content (AvgIpc) is 3.09. The smallest absolute Gasteiger partial charge is 0.260 e. The average molecular weight is 337 g/mol. The van der Waals surface area contributed by atoms with E-state index in [1.807, 2.05) is 61.5 Å². The first-order valence-corrected chi connectivity index (χ1v) is 8.55. The van der Waals surface area contributed by atoms with Crippen molar-refractivity contribution >= 4 is 16.9 Å². The Hall–Kier alpha value is -2.75. The molecule has 1 heterocycles. The van der Waals surface area contributed by atoms with Crippen LogP contribution in [0.15, 0.2) is 59.0 Å². The van der Waals surface area contributed by atoms with E-state index in [0.29, 0.717) is 0 Å². The molecule has 0 bridgehead atoms. The van der Waals surface area contributed by atoms with Crippen LogP contribution in [0, 0.1) is 0 Å². The summed E-state index contributed by atoms with van der Waals surface area (Å²) in [5.41, 5.74) is 1.93. The molecule has 4 nitrogen and oxygen atoms in total. The van der Waals surface area contributed by atoms with Crippen LogP contribution in [0.5, 0.6) is 5.75 Å². The summed E-state index contributed by atoms with van der Waals surface area (Å²) >= 11 is 0. The van der Waals surface area contributed by atoms with Crippen molar-refractivity contribution < 1.29 is 13.9 Å². The molecule has 0 fully saturated rings. The highest BCUT2D eigenvalue weighted by Crippen LogP contribution is 2.27. The van der Waals surface area contributed by atoms with Crippen molar-refractivity contribution in [1.29, 1.82) is 0 Å². The normalized spacial score (nSPS) is 12.1. The van der Waals surface area contributed by atoms with E-state index in [1.165, 1.54) is 0 Å². The zero-order valence-electron chi connectivity index (χ0n) is 14.9. The molecule has 0 radical (unpaired) electrons. The number of fused-ring (bicyclic) bond motifs is 1. The lowest BCUT2D eigenvalue weighted by atomic mass is 10.1. The fourth-order valence-electron chi connectivity index (χ4n) is 2.79. The second kappa shape index (κ2) is 7.43. The number of carbonyl (C=O) groups excluding carboxylic acids is 1. The van der Waals surface area contributed by atoms with Gasteiger partial charge in [-0.05, 0) is 37.1 Å². The molecule has 3 rings (SSSR count). The third kappa shape index (κ3) is 3.68. The monoisotopic (exact) mass is 337 g/mol. The summed E-state index contributed by atoms with van der Waals surface area (Å²) in [6.45, 7) is 4.04. The Morgan fingerprint density at radius 3 is 2.64 bits per heavy atom. The van der Waals surface area contributed by atoms with Crippen molar-refractivity contribution in [3.63, 3.8) is 0 Å². The molecule has 0 spiro atoms. The minimum atomic E-state index is -0.162. The molecule has 0 saturated heterocycles. The Morgan fingerprint density at radius 1 is 1.16 bits per heavy atom. The zero-order valence-corrected chi connectivity index (χ0v) is 14.9. The molecule has 25 heavy (non-hydrogen) atoms. The number of aryl methyl sites for hydroxylation is 1. The molecule has 1 aromatic heterocycles. The minimum absolute atomic E-state index is 0.0120. The molecule has 0 N–H and O–H groups in total. The first-order valence-electron chi connectivity index (χ1n) is 8.55. The van der Waals surface area contributed by atoms with Gasteiger partial charge in [0, 0.05) is 12.4 Å². The summed E-state index contributed by atoms with van der Waals surface area (Å²) in [6, 6.07) is 17.5. The van der Waals surface area contributed by atoms with Crippen molar-refractivity contribution in [1.82, 2.24) is 4.90 Å². The number of carbonyl (C=O) groups is 1. The maximum absolute atomic E-state index is 12.5. The first-order chi connectivity index (χ1) is 12.1. The maximum Gasteiger partial charge on any atom is 0.260 e. The molecular weight excluding hydrogens is 314 g/mol. The Kier molecular flexibility index (Phi) is 5.08. The van der Waals surface area contributed by atoms with Crippen molar-refractivity contribution in [2.24, 2.45) is 0 Å². The number of benzene rings is 2. The molecule has 1 unspecified atom stereocenters. The molecule has 3 aromatic rings. The molecule has 130 valence electrons. The number of ether oxygens (including phenoxy) is 1. The van der Waals surface area contributed by atoms with E-state index in [2.05, 4.69) is 6.92 Å². The summed E-state index contributed by atoms with van der Waals surface area (Å²) in [5.74, 6) is 1.45. The Morgan fingerprint density at radius 2 is 1.88 bits per heavy atom. The van der Waals surface area contributed by atoms with Crippen molar-refractivity contribution in [2.45, 2.75) is 26.3 Å². The highest BCUT2D eigenvalue weighted by molar-refractivity contribution is 5.79. The van der Waals surface area contributed by atoms with E-state index >= 15 is 0 Å². The van der Waals surface area contributed by atoms with Crippen LogP contribution in [0.25, 0.3) is 11.0 Å². The van der Waals surface area contributed by atoms with Crippen LogP contribution < -0.4 is 4.74 Å². The number of amides is 1. The number of rotatable bonds is 6. The number of likely N-dealkylation sites (N-methyl/N-ethyl adjacent to an activating group) is 1. The van der Waals surface area contributed by atoms with E-state index in [9.17, 15) is 4.79 Å². The Bertz CT molecular complexity index is 835. The zero-order chi connectivity index (χ0) is 17.8. The summed E-state index contributed by atoms with van der Waals surface area (Å²) in [5, 5.41) is 1.04.